The van der Waals surface area contributed by atoms with Gasteiger partial charge in [0.2, 0.25) is 5.88 Å². The Morgan fingerprint density at radius 3 is 2.65 bits per heavy atom. The van der Waals surface area contributed by atoms with Gasteiger partial charge in [-0.25, -0.2) is 9.78 Å². The van der Waals surface area contributed by atoms with Gasteiger partial charge in [-0.3, -0.25) is 4.98 Å². The molecular weight excluding hydrogens is 220 g/mol. The van der Waals surface area contributed by atoms with E-state index in [-0.39, 0.29) is 5.56 Å². The average molecular weight is 230 g/mol. The molecule has 1 N–H and O–H groups in total. The summed E-state index contributed by atoms with van der Waals surface area (Å²) in [7, 11) is 1.53. The fraction of sp³-hybridized carbons (Fsp3) is 0.0833. The van der Waals surface area contributed by atoms with E-state index in [1.807, 2.05) is 0 Å². The van der Waals surface area contributed by atoms with Crippen molar-refractivity contribution in [3.63, 3.8) is 0 Å². The third kappa shape index (κ3) is 2.39. The molecule has 0 atom stereocenters. The number of methoxy groups -OCH3 is 1. The zero-order valence-electron chi connectivity index (χ0n) is 9.12. The van der Waals surface area contributed by atoms with Crippen LogP contribution in [0, 0.1) is 0 Å². The van der Waals surface area contributed by atoms with E-state index in [9.17, 15) is 4.79 Å². The molecule has 0 unspecified atom stereocenters. The number of rotatable bonds is 3. The van der Waals surface area contributed by atoms with Crippen molar-refractivity contribution in [2.45, 2.75) is 0 Å². The highest BCUT2D eigenvalue weighted by molar-refractivity contribution is 5.87. The summed E-state index contributed by atoms with van der Waals surface area (Å²) in [5, 5.41) is 8.75. The number of ether oxygens (including phenoxy) is 1. The first-order valence-corrected chi connectivity index (χ1v) is 4.91. The van der Waals surface area contributed by atoms with Crippen LogP contribution < -0.4 is 4.74 Å². The number of aromatic carboxylic acids is 1. The van der Waals surface area contributed by atoms with E-state index in [0.29, 0.717) is 17.3 Å². The van der Waals surface area contributed by atoms with Crippen LogP contribution in [0.5, 0.6) is 5.88 Å². The van der Waals surface area contributed by atoms with Gasteiger partial charge in [-0.15, -0.1) is 0 Å². The molecule has 5 nitrogen and oxygen atoms in total. The van der Waals surface area contributed by atoms with Gasteiger partial charge in [0.25, 0.3) is 0 Å². The van der Waals surface area contributed by atoms with Crippen molar-refractivity contribution in [1.29, 1.82) is 0 Å². The molecule has 0 saturated carbocycles. The fourth-order valence-corrected chi connectivity index (χ4v) is 1.34. The summed E-state index contributed by atoms with van der Waals surface area (Å²) in [5.41, 5.74) is 1.40. The maximum Gasteiger partial charge on any atom is 0.337 e. The van der Waals surface area contributed by atoms with Gasteiger partial charge < -0.3 is 9.84 Å². The summed E-state index contributed by atoms with van der Waals surface area (Å²) in [4.78, 5) is 18.9. The predicted octanol–water partition coefficient (Wildman–Crippen LogP) is 1.85. The maximum atomic E-state index is 10.7. The second-order valence-electron chi connectivity index (χ2n) is 3.30. The predicted molar refractivity (Wildman–Crippen MR) is 61.0 cm³/mol. The van der Waals surface area contributed by atoms with Crippen LogP contribution in [-0.2, 0) is 0 Å². The number of carboxylic acid groups (broad SMARTS) is 1. The Balaban J connectivity index is 2.36. The van der Waals surface area contributed by atoms with E-state index in [0.717, 1.165) is 0 Å². The number of pyridine rings is 2. The second kappa shape index (κ2) is 4.61. The van der Waals surface area contributed by atoms with Gasteiger partial charge in [-0.2, -0.15) is 0 Å². The van der Waals surface area contributed by atoms with E-state index in [2.05, 4.69) is 9.97 Å². The van der Waals surface area contributed by atoms with Gasteiger partial charge in [0.15, 0.2) is 0 Å². The highest BCUT2D eigenvalue weighted by Crippen LogP contribution is 2.17. The molecule has 0 radical (unpaired) electrons. The van der Waals surface area contributed by atoms with Crippen molar-refractivity contribution in [1.82, 2.24) is 9.97 Å². The lowest BCUT2D eigenvalue weighted by molar-refractivity contribution is 0.0696. The van der Waals surface area contributed by atoms with Crippen molar-refractivity contribution in [2.75, 3.05) is 7.11 Å². The molecule has 0 aliphatic heterocycles. The molecule has 0 aliphatic rings. The Bertz CT molecular complexity index is 538. The summed E-state index contributed by atoms with van der Waals surface area (Å²) < 4.78 is 5.01. The van der Waals surface area contributed by atoms with Crippen molar-refractivity contribution in [2.24, 2.45) is 0 Å². The molecule has 2 aromatic heterocycles. The number of hydrogen-bond donors (Lipinski definition) is 1. The lowest BCUT2D eigenvalue weighted by Crippen LogP contribution is -1.98. The van der Waals surface area contributed by atoms with Gasteiger partial charge in [0, 0.05) is 12.3 Å². The molecule has 0 aromatic carbocycles. The SMILES string of the molecule is COc1cccc(-c2ccc(C(=O)O)cn2)n1. The summed E-state index contributed by atoms with van der Waals surface area (Å²) in [5.74, 6) is -0.505. The van der Waals surface area contributed by atoms with E-state index in [1.165, 1.54) is 19.4 Å². The molecule has 2 rings (SSSR count). The first kappa shape index (κ1) is 11.1. The number of carbonyl (C=O) groups is 1. The molecule has 86 valence electrons. The molecule has 2 aromatic rings. The van der Waals surface area contributed by atoms with Crippen LogP contribution in [0.4, 0.5) is 0 Å². The second-order valence-corrected chi connectivity index (χ2v) is 3.30. The average Bonchev–Trinajstić information content (AvgIpc) is 2.39. The molecule has 0 amide bonds. The minimum atomic E-state index is -0.998. The lowest BCUT2D eigenvalue weighted by atomic mass is 10.2. The molecule has 0 fully saturated rings. The van der Waals surface area contributed by atoms with Crippen molar-refractivity contribution >= 4 is 5.97 Å². The highest BCUT2D eigenvalue weighted by atomic mass is 16.5. The number of carboxylic acids is 1. The zero-order valence-corrected chi connectivity index (χ0v) is 9.12. The maximum absolute atomic E-state index is 10.7. The van der Waals surface area contributed by atoms with E-state index in [4.69, 9.17) is 9.84 Å². The van der Waals surface area contributed by atoms with Gasteiger partial charge in [-0.1, -0.05) is 6.07 Å². The molecule has 2 heterocycles. The van der Waals surface area contributed by atoms with Crippen LogP contribution in [0.3, 0.4) is 0 Å². The van der Waals surface area contributed by atoms with Crippen LogP contribution in [-0.4, -0.2) is 28.2 Å². The Kier molecular flexibility index (Phi) is 3.00. The summed E-state index contributed by atoms with van der Waals surface area (Å²) in [6.07, 6.45) is 1.30. The monoisotopic (exact) mass is 230 g/mol. The molecule has 0 saturated heterocycles. The van der Waals surface area contributed by atoms with Crippen LogP contribution in [0.15, 0.2) is 36.5 Å². The Hall–Kier alpha value is -2.43. The van der Waals surface area contributed by atoms with E-state index < -0.39 is 5.97 Å². The molecule has 0 aliphatic carbocycles. The standard InChI is InChI=1S/C12H10N2O3/c1-17-11-4-2-3-10(14-11)9-6-5-8(7-13-9)12(15)16/h2-7H,1H3,(H,15,16). The Morgan fingerprint density at radius 1 is 1.24 bits per heavy atom. The van der Waals surface area contributed by atoms with Crippen molar-refractivity contribution in [3.8, 4) is 17.3 Å². The van der Waals surface area contributed by atoms with Gasteiger partial charge in [-0.05, 0) is 18.2 Å². The Morgan fingerprint density at radius 2 is 2.06 bits per heavy atom. The highest BCUT2D eigenvalue weighted by Gasteiger charge is 2.06. The zero-order chi connectivity index (χ0) is 12.3. The van der Waals surface area contributed by atoms with Crippen LogP contribution in [0.2, 0.25) is 0 Å². The molecule has 0 spiro atoms. The third-order valence-electron chi connectivity index (χ3n) is 2.21. The molecule has 0 bridgehead atoms. The number of aromatic nitrogens is 2. The van der Waals surface area contributed by atoms with E-state index in [1.54, 1.807) is 24.3 Å². The first-order valence-electron chi connectivity index (χ1n) is 4.91. The number of nitrogens with zero attached hydrogens (tertiary/aromatic N) is 2. The summed E-state index contributed by atoms with van der Waals surface area (Å²) in [6, 6.07) is 8.42. The summed E-state index contributed by atoms with van der Waals surface area (Å²) >= 11 is 0. The molecule has 17 heavy (non-hydrogen) atoms. The first-order chi connectivity index (χ1) is 8.20. The number of hydrogen-bond acceptors (Lipinski definition) is 4. The van der Waals surface area contributed by atoms with Crippen LogP contribution in [0.1, 0.15) is 10.4 Å². The van der Waals surface area contributed by atoms with Gasteiger partial charge >= 0.3 is 5.97 Å². The molecule has 5 heteroatoms. The van der Waals surface area contributed by atoms with Crippen LogP contribution >= 0.6 is 0 Å². The van der Waals surface area contributed by atoms with Crippen LogP contribution in [0.25, 0.3) is 11.4 Å². The minimum Gasteiger partial charge on any atom is -0.481 e. The van der Waals surface area contributed by atoms with Crippen molar-refractivity contribution in [3.05, 3.63) is 42.1 Å². The fourth-order valence-electron chi connectivity index (χ4n) is 1.34. The normalized spacial score (nSPS) is 9.94. The topological polar surface area (TPSA) is 72.3 Å². The van der Waals surface area contributed by atoms with Crippen molar-refractivity contribution < 1.29 is 14.6 Å². The quantitative estimate of drug-likeness (QED) is 0.871. The van der Waals surface area contributed by atoms with Gasteiger partial charge in [0.1, 0.15) is 0 Å². The molecular formula is C12H10N2O3. The lowest BCUT2D eigenvalue weighted by Gasteiger charge is -2.03. The smallest absolute Gasteiger partial charge is 0.337 e. The van der Waals surface area contributed by atoms with Gasteiger partial charge in [0.05, 0.1) is 24.1 Å². The van der Waals surface area contributed by atoms with E-state index >= 15 is 0 Å². The minimum absolute atomic E-state index is 0.150. The largest absolute Gasteiger partial charge is 0.481 e. The third-order valence-corrected chi connectivity index (χ3v) is 2.21. The Labute approximate surface area is 97.7 Å². The summed E-state index contributed by atoms with van der Waals surface area (Å²) in [6.45, 7) is 0.